The molecule has 0 atom stereocenters. The minimum absolute atomic E-state index is 0.0241. The monoisotopic (exact) mass is 324 g/mol. The Hall–Kier alpha value is -2.82. The summed E-state index contributed by atoms with van der Waals surface area (Å²) < 4.78 is 5.50. The third-order valence-corrected chi connectivity index (χ3v) is 3.87. The zero-order valence-corrected chi connectivity index (χ0v) is 13.4. The zero-order valence-electron chi connectivity index (χ0n) is 13.4. The quantitative estimate of drug-likeness (QED) is 0.821. The zero-order chi connectivity index (χ0) is 16.8. The maximum atomic E-state index is 11.8. The minimum atomic E-state index is -0.0241. The van der Waals surface area contributed by atoms with Gasteiger partial charge in [-0.3, -0.25) is 9.59 Å². The van der Waals surface area contributed by atoms with Crippen LogP contribution in [-0.4, -0.2) is 25.0 Å². The number of amides is 2. The molecule has 1 aliphatic rings. The molecule has 3 rings (SSSR count). The summed E-state index contributed by atoms with van der Waals surface area (Å²) in [5.41, 5.74) is 3.04. The Kier molecular flexibility index (Phi) is 5.11. The number of para-hydroxylation sites is 1. The van der Waals surface area contributed by atoms with Gasteiger partial charge in [-0.05, 0) is 35.7 Å². The van der Waals surface area contributed by atoms with Crippen molar-refractivity contribution in [2.75, 3.05) is 18.5 Å². The van der Waals surface area contributed by atoms with Gasteiger partial charge < -0.3 is 15.4 Å². The average Bonchev–Trinajstić information content (AvgIpc) is 2.95. The number of carbonyl (C=O) groups is 2. The third kappa shape index (κ3) is 4.35. The highest BCUT2D eigenvalue weighted by molar-refractivity contribution is 5.99. The smallest absolute Gasteiger partial charge is 0.228 e. The molecule has 0 aromatic heterocycles. The fourth-order valence-corrected chi connectivity index (χ4v) is 2.65. The van der Waals surface area contributed by atoms with E-state index < -0.39 is 0 Å². The number of rotatable bonds is 7. The molecule has 2 aromatic carbocycles. The van der Waals surface area contributed by atoms with E-state index in [1.807, 2.05) is 48.5 Å². The van der Waals surface area contributed by atoms with E-state index in [0.29, 0.717) is 26.0 Å². The normalized spacial score (nSPS) is 12.4. The molecule has 1 heterocycles. The van der Waals surface area contributed by atoms with Gasteiger partial charge in [-0.25, -0.2) is 0 Å². The van der Waals surface area contributed by atoms with E-state index in [4.69, 9.17) is 4.74 Å². The summed E-state index contributed by atoms with van der Waals surface area (Å²) in [5.74, 6) is 0.782. The summed E-state index contributed by atoms with van der Waals surface area (Å²) in [6.45, 7) is 0.937. The van der Waals surface area contributed by atoms with E-state index >= 15 is 0 Å². The second-order valence-electron chi connectivity index (χ2n) is 5.73. The average molecular weight is 324 g/mol. The van der Waals surface area contributed by atoms with E-state index in [1.165, 1.54) is 0 Å². The Bertz CT molecular complexity index is 729. The van der Waals surface area contributed by atoms with Gasteiger partial charge in [0.25, 0.3) is 0 Å². The van der Waals surface area contributed by atoms with E-state index in [2.05, 4.69) is 10.6 Å². The lowest BCUT2D eigenvalue weighted by Crippen LogP contribution is -2.27. The first kappa shape index (κ1) is 16.1. The van der Waals surface area contributed by atoms with Crippen LogP contribution in [0.3, 0.4) is 0 Å². The standard InChI is InChI=1S/C19H20N2O3/c22-18(9-11-24-16-4-2-1-3-5-16)20-10-8-14-6-7-17-15(12-14)13-19(23)21-17/h1-7,12H,8-11,13H2,(H,20,22)(H,21,23). The van der Waals surface area contributed by atoms with Crippen LogP contribution in [0.15, 0.2) is 48.5 Å². The highest BCUT2D eigenvalue weighted by atomic mass is 16.5. The molecule has 2 amide bonds. The number of fused-ring (bicyclic) bond motifs is 1. The van der Waals surface area contributed by atoms with E-state index in [1.54, 1.807) is 0 Å². The predicted octanol–water partition coefficient (Wildman–Crippen LogP) is 2.31. The Labute approximate surface area is 141 Å². The van der Waals surface area contributed by atoms with Gasteiger partial charge in [0.2, 0.25) is 11.8 Å². The molecule has 0 fully saturated rings. The minimum Gasteiger partial charge on any atom is -0.493 e. The van der Waals surface area contributed by atoms with Gasteiger partial charge in [0.05, 0.1) is 19.4 Å². The first-order chi connectivity index (χ1) is 11.7. The second kappa shape index (κ2) is 7.64. The van der Waals surface area contributed by atoms with Crippen molar-refractivity contribution in [3.63, 3.8) is 0 Å². The molecule has 2 aromatic rings. The van der Waals surface area contributed by atoms with Gasteiger partial charge in [-0.1, -0.05) is 30.3 Å². The van der Waals surface area contributed by atoms with Crippen LogP contribution in [-0.2, 0) is 22.4 Å². The van der Waals surface area contributed by atoms with Crippen LogP contribution in [0.5, 0.6) is 5.75 Å². The molecule has 1 aliphatic heterocycles. The number of benzene rings is 2. The largest absolute Gasteiger partial charge is 0.493 e. The molecule has 0 unspecified atom stereocenters. The summed E-state index contributed by atoms with van der Waals surface area (Å²) in [6, 6.07) is 15.4. The Morgan fingerprint density at radius 1 is 1.17 bits per heavy atom. The number of ether oxygens (including phenoxy) is 1. The van der Waals surface area contributed by atoms with Crippen LogP contribution in [0.1, 0.15) is 17.5 Å². The van der Waals surface area contributed by atoms with Crippen molar-refractivity contribution < 1.29 is 14.3 Å². The Morgan fingerprint density at radius 3 is 2.83 bits per heavy atom. The fraction of sp³-hybridized carbons (Fsp3) is 0.263. The van der Waals surface area contributed by atoms with Gasteiger partial charge in [-0.2, -0.15) is 0 Å². The van der Waals surface area contributed by atoms with Crippen LogP contribution in [0.4, 0.5) is 5.69 Å². The lowest BCUT2D eigenvalue weighted by atomic mass is 10.1. The molecular weight excluding hydrogens is 304 g/mol. The van der Waals surface area contributed by atoms with Crippen LogP contribution >= 0.6 is 0 Å². The van der Waals surface area contributed by atoms with Gasteiger partial charge in [-0.15, -0.1) is 0 Å². The van der Waals surface area contributed by atoms with Gasteiger partial charge in [0.15, 0.2) is 0 Å². The predicted molar refractivity (Wildman–Crippen MR) is 92.0 cm³/mol. The summed E-state index contributed by atoms with van der Waals surface area (Å²) in [7, 11) is 0. The third-order valence-electron chi connectivity index (χ3n) is 3.87. The van der Waals surface area contributed by atoms with Gasteiger partial charge in [0.1, 0.15) is 5.75 Å². The van der Waals surface area contributed by atoms with Crippen LogP contribution in [0, 0.1) is 0 Å². The number of nitrogens with one attached hydrogen (secondary N) is 2. The maximum absolute atomic E-state index is 11.8. The molecular formula is C19H20N2O3. The Morgan fingerprint density at radius 2 is 2.00 bits per heavy atom. The van der Waals surface area contributed by atoms with E-state index in [9.17, 15) is 9.59 Å². The van der Waals surface area contributed by atoms with Crippen molar-refractivity contribution in [1.29, 1.82) is 0 Å². The molecule has 5 nitrogen and oxygen atoms in total. The molecule has 0 spiro atoms. The molecule has 124 valence electrons. The molecule has 0 bridgehead atoms. The SMILES string of the molecule is O=C(CCOc1ccccc1)NCCc1ccc2c(c1)CC(=O)N2. The maximum Gasteiger partial charge on any atom is 0.228 e. The number of carbonyl (C=O) groups excluding carboxylic acids is 2. The lowest BCUT2D eigenvalue weighted by Gasteiger charge is -2.08. The molecule has 0 radical (unpaired) electrons. The van der Waals surface area contributed by atoms with Crippen LogP contribution in [0.2, 0.25) is 0 Å². The first-order valence-corrected chi connectivity index (χ1v) is 8.07. The van der Waals surface area contributed by atoms with E-state index in [-0.39, 0.29) is 11.8 Å². The summed E-state index contributed by atoms with van der Waals surface area (Å²) in [4.78, 5) is 23.1. The topological polar surface area (TPSA) is 67.4 Å². The second-order valence-corrected chi connectivity index (χ2v) is 5.73. The summed E-state index contributed by atoms with van der Waals surface area (Å²) in [6.07, 6.45) is 1.51. The molecule has 24 heavy (non-hydrogen) atoms. The lowest BCUT2D eigenvalue weighted by molar-refractivity contribution is -0.121. The number of anilines is 1. The van der Waals surface area contributed by atoms with Crippen LogP contribution < -0.4 is 15.4 Å². The molecule has 0 saturated carbocycles. The first-order valence-electron chi connectivity index (χ1n) is 8.07. The fourth-order valence-electron chi connectivity index (χ4n) is 2.65. The van der Waals surface area contributed by atoms with Crippen molar-refractivity contribution in [3.8, 4) is 5.75 Å². The molecule has 2 N–H and O–H groups in total. The molecule has 0 saturated heterocycles. The van der Waals surface area contributed by atoms with Gasteiger partial charge >= 0.3 is 0 Å². The van der Waals surface area contributed by atoms with Crippen molar-refractivity contribution >= 4 is 17.5 Å². The van der Waals surface area contributed by atoms with Crippen LogP contribution in [0.25, 0.3) is 0 Å². The highest BCUT2D eigenvalue weighted by Gasteiger charge is 2.17. The Balaban J connectivity index is 1.36. The molecule has 5 heteroatoms. The van der Waals surface area contributed by atoms with Crippen molar-refractivity contribution in [3.05, 3.63) is 59.7 Å². The van der Waals surface area contributed by atoms with Crippen molar-refractivity contribution in [1.82, 2.24) is 5.32 Å². The van der Waals surface area contributed by atoms with E-state index in [0.717, 1.165) is 29.0 Å². The highest BCUT2D eigenvalue weighted by Crippen LogP contribution is 2.23. The van der Waals surface area contributed by atoms with Crippen molar-refractivity contribution in [2.24, 2.45) is 0 Å². The summed E-state index contributed by atoms with van der Waals surface area (Å²) in [5, 5.41) is 5.71. The van der Waals surface area contributed by atoms with Crippen molar-refractivity contribution in [2.45, 2.75) is 19.3 Å². The molecule has 0 aliphatic carbocycles. The number of hydrogen-bond donors (Lipinski definition) is 2. The van der Waals surface area contributed by atoms with Gasteiger partial charge in [0, 0.05) is 12.2 Å². The number of hydrogen-bond acceptors (Lipinski definition) is 3. The summed E-state index contributed by atoms with van der Waals surface area (Å²) >= 11 is 0.